The van der Waals surface area contributed by atoms with Gasteiger partial charge in [0.2, 0.25) is 5.91 Å². The first-order chi connectivity index (χ1) is 12.9. The molecule has 5 nitrogen and oxygen atoms in total. The van der Waals surface area contributed by atoms with E-state index in [1.165, 1.54) is 0 Å². The minimum Gasteiger partial charge on any atom is -0.361 e. The number of fused-ring (bicyclic) bond motifs is 1. The fourth-order valence-corrected chi connectivity index (χ4v) is 3.30. The fraction of sp³-hybridized carbons (Fsp3) is 0.273. The molecule has 1 heterocycles. The van der Waals surface area contributed by atoms with Crippen molar-refractivity contribution in [3.63, 3.8) is 0 Å². The minimum absolute atomic E-state index is 0.0249. The average Bonchev–Trinajstić information content (AvgIpc) is 3.40. The highest BCUT2D eigenvalue weighted by atomic mass is 16.2. The maximum atomic E-state index is 13.1. The Balaban J connectivity index is 1.64. The van der Waals surface area contributed by atoms with Crippen LogP contribution in [0.1, 0.15) is 42.6 Å². The van der Waals surface area contributed by atoms with Gasteiger partial charge in [-0.1, -0.05) is 30.3 Å². The van der Waals surface area contributed by atoms with E-state index < -0.39 is 5.54 Å². The molecule has 1 aliphatic carbocycles. The van der Waals surface area contributed by atoms with Gasteiger partial charge < -0.3 is 15.6 Å². The van der Waals surface area contributed by atoms with Crippen LogP contribution in [-0.4, -0.2) is 16.8 Å². The molecule has 0 aliphatic heterocycles. The monoisotopic (exact) mass is 361 g/mol. The summed E-state index contributed by atoms with van der Waals surface area (Å²) in [7, 11) is 0. The summed E-state index contributed by atoms with van der Waals surface area (Å²) in [5.41, 5.74) is 2.52. The second-order valence-corrected chi connectivity index (χ2v) is 7.67. The second-order valence-electron chi connectivity index (χ2n) is 7.67. The van der Waals surface area contributed by atoms with Crippen LogP contribution in [0.5, 0.6) is 0 Å². The molecule has 3 aromatic rings. The molecule has 1 saturated carbocycles. The van der Waals surface area contributed by atoms with Crippen molar-refractivity contribution in [3.05, 3.63) is 65.9 Å². The number of hydrogen-bond donors (Lipinski definition) is 3. The molecule has 0 bridgehead atoms. The molecule has 1 aromatic heterocycles. The first kappa shape index (κ1) is 17.3. The van der Waals surface area contributed by atoms with E-state index in [1.54, 1.807) is 12.3 Å². The fourth-order valence-electron chi connectivity index (χ4n) is 3.30. The van der Waals surface area contributed by atoms with Crippen molar-refractivity contribution in [2.45, 2.75) is 32.2 Å². The quantitative estimate of drug-likeness (QED) is 0.638. The third-order valence-corrected chi connectivity index (χ3v) is 5.05. The lowest BCUT2D eigenvalue weighted by atomic mass is 9.93. The highest BCUT2D eigenvalue weighted by molar-refractivity contribution is 6.09. The van der Waals surface area contributed by atoms with E-state index in [0.29, 0.717) is 11.3 Å². The number of hydrogen-bond acceptors (Lipinski definition) is 2. The van der Waals surface area contributed by atoms with E-state index in [9.17, 15) is 9.59 Å². The largest absolute Gasteiger partial charge is 0.361 e. The summed E-state index contributed by atoms with van der Waals surface area (Å²) in [5, 5.41) is 6.89. The van der Waals surface area contributed by atoms with Gasteiger partial charge in [0.15, 0.2) is 0 Å². The molecule has 138 valence electrons. The Kier molecular flexibility index (Phi) is 4.22. The molecule has 0 saturated heterocycles. The van der Waals surface area contributed by atoms with Crippen LogP contribution in [-0.2, 0) is 10.3 Å². The van der Waals surface area contributed by atoms with E-state index in [1.807, 2.05) is 56.3 Å². The van der Waals surface area contributed by atoms with Crippen LogP contribution < -0.4 is 10.6 Å². The van der Waals surface area contributed by atoms with Crippen LogP contribution >= 0.6 is 0 Å². The predicted octanol–water partition coefficient (Wildman–Crippen LogP) is 4.18. The molecule has 0 radical (unpaired) electrons. The average molecular weight is 361 g/mol. The Morgan fingerprint density at radius 1 is 1.07 bits per heavy atom. The first-order valence-electron chi connectivity index (χ1n) is 9.24. The van der Waals surface area contributed by atoms with Gasteiger partial charge in [-0.2, -0.15) is 0 Å². The highest BCUT2D eigenvalue weighted by Crippen LogP contribution is 2.31. The number of benzene rings is 2. The number of rotatable bonds is 5. The van der Waals surface area contributed by atoms with Gasteiger partial charge in [-0.25, -0.2) is 0 Å². The van der Waals surface area contributed by atoms with Gasteiger partial charge in [-0.05, 0) is 50.5 Å². The van der Waals surface area contributed by atoms with Gasteiger partial charge in [0.05, 0.1) is 11.1 Å². The van der Waals surface area contributed by atoms with Crippen LogP contribution in [0.2, 0.25) is 0 Å². The Hall–Kier alpha value is -3.08. The van der Waals surface area contributed by atoms with Gasteiger partial charge in [-0.15, -0.1) is 0 Å². The topological polar surface area (TPSA) is 74.0 Å². The van der Waals surface area contributed by atoms with Crippen molar-refractivity contribution in [1.82, 2.24) is 10.3 Å². The first-order valence-corrected chi connectivity index (χ1v) is 9.24. The SMILES string of the molecule is CC(C)(NC(=O)c1cc(NC(=O)C2CC2)cc2[nH]ccc12)c1ccccc1. The molecule has 2 amide bonds. The third kappa shape index (κ3) is 3.58. The molecular formula is C22H23N3O2. The number of carbonyl (C=O) groups is 2. The lowest BCUT2D eigenvalue weighted by molar-refractivity contribution is -0.117. The van der Waals surface area contributed by atoms with Crippen molar-refractivity contribution < 1.29 is 9.59 Å². The maximum Gasteiger partial charge on any atom is 0.252 e. The van der Waals surface area contributed by atoms with Crippen LogP contribution in [0.4, 0.5) is 5.69 Å². The highest BCUT2D eigenvalue weighted by Gasteiger charge is 2.30. The predicted molar refractivity (Wildman–Crippen MR) is 107 cm³/mol. The molecule has 2 aromatic carbocycles. The lowest BCUT2D eigenvalue weighted by Gasteiger charge is -2.27. The molecule has 4 rings (SSSR count). The Morgan fingerprint density at radius 3 is 2.52 bits per heavy atom. The number of anilines is 1. The molecule has 27 heavy (non-hydrogen) atoms. The maximum absolute atomic E-state index is 13.1. The molecule has 0 atom stereocenters. The van der Waals surface area contributed by atoms with Crippen molar-refractivity contribution in [2.75, 3.05) is 5.32 Å². The lowest BCUT2D eigenvalue weighted by Crippen LogP contribution is -2.41. The molecule has 0 spiro atoms. The zero-order valence-electron chi connectivity index (χ0n) is 15.5. The molecular weight excluding hydrogens is 338 g/mol. The van der Waals surface area contributed by atoms with Crippen molar-refractivity contribution in [1.29, 1.82) is 0 Å². The zero-order valence-corrected chi connectivity index (χ0v) is 15.5. The van der Waals surface area contributed by atoms with Crippen LogP contribution in [0.3, 0.4) is 0 Å². The summed E-state index contributed by atoms with van der Waals surface area (Å²) in [5.74, 6) is -0.0357. The summed E-state index contributed by atoms with van der Waals surface area (Å²) in [4.78, 5) is 28.4. The normalized spacial score (nSPS) is 14.1. The molecule has 5 heteroatoms. The van der Waals surface area contributed by atoms with Gasteiger partial charge in [0, 0.05) is 28.7 Å². The third-order valence-electron chi connectivity index (χ3n) is 5.05. The number of aromatic nitrogens is 1. The smallest absolute Gasteiger partial charge is 0.252 e. The number of carbonyl (C=O) groups excluding carboxylic acids is 2. The molecule has 1 aliphatic rings. The van der Waals surface area contributed by atoms with Crippen molar-refractivity contribution >= 4 is 28.4 Å². The van der Waals surface area contributed by atoms with Gasteiger partial charge in [0.1, 0.15) is 0 Å². The van der Waals surface area contributed by atoms with E-state index in [-0.39, 0.29) is 17.7 Å². The van der Waals surface area contributed by atoms with E-state index in [0.717, 1.165) is 29.3 Å². The molecule has 1 fully saturated rings. The summed E-state index contributed by atoms with van der Waals surface area (Å²) >= 11 is 0. The second kappa shape index (κ2) is 6.58. The summed E-state index contributed by atoms with van der Waals surface area (Å²) < 4.78 is 0. The van der Waals surface area contributed by atoms with Gasteiger partial charge >= 0.3 is 0 Å². The zero-order chi connectivity index (χ0) is 19.0. The number of nitrogens with one attached hydrogen (secondary N) is 3. The Morgan fingerprint density at radius 2 is 1.81 bits per heavy atom. The van der Waals surface area contributed by atoms with E-state index in [4.69, 9.17) is 0 Å². The molecule has 3 N–H and O–H groups in total. The van der Waals surface area contributed by atoms with Gasteiger partial charge in [-0.3, -0.25) is 9.59 Å². The number of H-pyrrole nitrogens is 1. The van der Waals surface area contributed by atoms with E-state index >= 15 is 0 Å². The number of amides is 2. The van der Waals surface area contributed by atoms with Crippen molar-refractivity contribution in [2.24, 2.45) is 5.92 Å². The van der Waals surface area contributed by atoms with Crippen molar-refractivity contribution in [3.8, 4) is 0 Å². The van der Waals surface area contributed by atoms with Gasteiger partial charge in [0.25, 0.3) is 5.91 Å². The summed E-state index contributed by atoms with van der Waals surface area (Å²) in [6.45, 7) is 3.96. The van der Waals surface area contributed by atoms with E-state index in [2.05, 4.69) is 15.6 Å². The minimum atomic E-state index is -0.520. The van der Waals surface area contributed by atoms with Crippen LogP contribution in [0.25, 0.3) is 10.9 Å². The summed E-state index contributed by atoms with van der Waals surface area (Å²) in [6, 6.07) is 15.4. The molecule has 0 unspecified atom stereocenters. The van der Waals surface area contributed by atoms with Crippen LogP contribution in [0.15, 0.2) is 54.7 Å². The Labute approximate surface area is 158 Å². The number of aromatic amines is 1. The summed E-state index contributed by atoms with van der Waals surface area (Å²) in [6.07, 6.45) is 3.68. The van der Waals surface area contributed by atoms with Crippen LogP contribution in [0, 0.1) is 5.92 Å². The Bertz CT molecular complexity index is 1000. The standard InChI is InChI=1S/C22H23N3O2/c1-22(2,15-6-4-3-5-7-15)25-21(27)18-12-16(24-20(26)14-8-9-14)13-19-17(18)10-11-23-19/h3-7,10-14,23H,8-9H2,1-2H3,(H,24,26)(H,25,27).